The lowest BCUT2D eigenvalue weighted by Crippen LogP contribution is -2.09. The first-order chi connectivity index (χ1) is 22.6. The Bertz CT molecular complexity index is 2270. The van der Waals surface area contributed by atoms with Crippen LogP contribution in [-0.2, 0) is 0 Å². The summed E-state index contributed by atoms with van der Waals surface area (Å²) in [6.07, 6.45) is 0. The average molecular weight is 597 g/mol. The van der Waals surface area contributed by atoms with Crippen molar-refractivity contribution < 1.29 is 4.42 Å². The largest absolute Gasteiger partial charge is 0.416 e. The van der Waals surface area contributed by atoms with E-state index in [1.807, 2.05) is 30.3 Å². The van der Waals surface area contributed by atoms with Gasteiger partial charge < -0.3 is 13.9 Å². The quantitative estimate of drug-likeness (QED) is 0.184. The van der Waals surface area contributed by atoms with Crippen molar-refractivity contribution in [2.24, 2.45) is 0 Å². The number of aromatic nitrogens is 3. The summed E-state index contributed by atoms with van der Waals surface area (Å²) >= 11 is 0. The van der Waals surface area contributed by atoms with Gasteiger partial charge >= 0.3 is 0 Å². The lowest BCUT2D eigenvalue weighted by molar-refractivity contribution is 0.584. The Morgan fingerprint density at radius 1 is 0.522 bits per heavy atom. The van der Waals surface area contributed by atoms with E-state index in [-0.39, 0.29) is 0 Å². The maximum absolute atomic E-state index is 6.12. The average Bonchev–Trinajstić information content (AvgIpc) is 3.73. The molecule has 222 valence electrons. The van der Waals surface area contributed by atoms with Crippen molar-refractivity contribution in [3.8, 4) is 28.6 Å². The molecule has 8 aromatic rings. The first-order valence-corrected chi connectivity index (χ1v) is 15.6. The topological polar surface area (TPSA) is 47.1 Å². The van der Waals surface area contributed by atoms with Crippen molar-refractivity contribution >= 4 is 38.9 Å². The molecule has 0 aliphatic heterocycles. The monoisotopic (exact) mass is 596 g/mol. The number of anilines is 3. The van der Waals surface area contributed by atoms with E-state index < -0.39 is 0 Å². The molecule has 5 heteroatoms. The molecule has 6 aromatic carbocycles. The Kier molecular flexibility index (Phi) is 6.92. The molecular weight excluding hydrogens is 564 g/mol. The molecule has 0 bridgehead atoms. The predicted octanol–water partition coefficient (Wildman–Crippen LogP) is 11.1. The Hall–Kier alpha value is -5.94. The molecule has 0 unspecified atom stereocenters. The zero-order valence-corrected chi connectivity index (χ0v) is 25.7. The molecule has 2 aromatic heterocycles. The van der Waals surface area contributed by atoms with E-state index in [1.54, 1.807) is 0 Å². The van der Waals surface area contributed by atoms with Crippen LogP contribution in [0.2, 0.25) is 0 Å². The number of fused-ring (bicyclic) bond motifs is 3. The third-order valence-corrected chi connectivity index (χ3v) is 8.56. The van der Waals surface area contributed by atoms with Crippen LogP contribution < -0.4 is 4.90 Å². The van der Waals surface area contributed by atoms with E-state index >= 15 is 0 Å². The molecule has 0 saturated heterocycles. The smallest absolute Gasteiger partial charge is 0.248 e. The molecule has 0 N–H and O–H groups in total. The first-order valence-electron chi connectivity index (χ1n) is 15.6. The zero-order chi connectivity index (χ0) is 31.0. The van der Waals surface area contributed by atoms with Crippen LogP contribution >= 0.6 is 0 Å². The number of benzene rings is 6. The number of para-hydroxylation sites is 3. The van der Waals surface area contributed by atoms with Gasteiger partial charge in [0.25, 0.3) is 0 Å². The van der Waals surface area contributed by atoms with Crippen LogP contribution in [0.5, 0.6) is 0 Å². The summed E-state index contributed by atoms with van der Waals surface area (Å²) in [5.41, 5.74) is 9.76. The third-order valence-electron chi connectivity index (χ3n) is 8.56. The Morgan fingerprint density at radius 3 is 1.74 bits per heavy atom. The molecule has 0 aliphatic rings. The minimum Gasteiger partial charge on any atom is -0.416 e. The van der Waals surface area contributed by atoms with Crippen LogP contribution in [0.25, 0.3) is 50.4 Å². The molecule has 0 aliphatic carbocycles. The second-order valence-electron chi connectivity index (χ2n) is 11.8. The van der Waals surface area contributed by atoms with Gasteiger partial charge in [0.15, 0.2) is 0 Å². The fraction of sp³-hybridized carbons (Fsp3) is 0.0732. The fourth-order valence-corrected chi connectivity index (χ4v) is 6.20. The standard InChI is InChI=1S/C41H32N4O/c1-28(2)29-17-19-30(20-18-29)40-42-43-41(46-40)31-21-23-34(24-22-31)44(32-11-5-3-6-12-32)35-25-26-39-37(27-35)36-15-9-10-16-38(36)45(39)33-13-7-4-8-14-33/h3-28H,1-2H3. The molecule has 0 atom stereocenters. The third kappa shape index (κ3) is 4.92. The maximum atomic E-state index is 6.12. The van der Waals surface area contributed by atoms with Crippen LogP contribution in [0.3, 0.4) is 0 Å². The van der Waals surface area contributed by atoms with Gasteiger partial charge in [-0.1, -0.05) is 80.6 Å². The van der Waals surface area contributed by atoms with Crippen LogP contribution in [-0.4, -0.2) is 14.8 Å². The molecule has 5 nitrogen and oxygen atoms in total. The SMILES string of the molecule is CC(C)c1ccc(-c2nnc(-c3ccc(N(c4ccccc4)c4ccc5c(c4)c4ccccc4n5-c4ccccc4)cc3)o2)cc1. The minimum atomic E-state index is 0.470. The summed E-state index contributed by atoms with van der Waals surface area (Å²) in [7, 11) is 0. The summed E-state index contributed by atoms with van der Waals surface area (Å²) in [5, 5.41) is 11.1. The van der Waals surface area contributed by atoms with Gasteiger partial charge in [-0.15, -0.1) is 10.2 Å². The second kappa shape index (κ2) is 11.5. The van der Waals surface area contributed by atoms with Gasteiger partial charge in [-0.25, -0.2) is 0 Å². The van der Waals surface area contributed by atoms with Gasteiger partial charge in [-0.3, -0.25) is 0 Å². The molecule has 0 spiro atoms. The van der Waals surface area contributed by atoms with Crippen molar-refractivity contribution in [2.75, 3.05) is 4.90 Å². The van der Waals surface area contributed by atoms with Crippen molar-refractivity contribution in [1.29, 1.82) is 0 Å². The highest BCUT2D eigenvalue weighted by Gasteiger charge is 2.18. The second-order valence-corrected chi connectivity index (χ2v) is 11.8. The van der Waals surface area contributed by atoms with E-state index in [9.17, 15) is 0 Å². The molecule has 0 radical (unpaired) electrons. The van der Waals surface area contributed by atoms with Gasteiger partial charge in [0.05, 0.1) is 11.0 Å². The van der Waals surface area contributed by atoms with E-state index in [2.05, 4.69) is 155 Å². The van der Waals surface area contributed by atoms with Crippen LogP contribution in [0.15, 0.2) is 156 Å². The molecule has 46 heavy (non-hydrogen) atoms. The molecule has 0 fully saturated rings. The summed E-state index contributed by atoms with van der Waals surface area (Å²) in [5.74, 6) is 1.48. The molecule has 0 amide bonds. The lowest BCUT2D eigenvalue weighted by Gasteiger charge is -2.25. The number of hydrogen-bond acceptors (Lipinski definition) is 4. The van der Waals surface area contributed by atoms with Crippen molar-refractivity contribution in [2.45, 2.75) is 19.8 Å². The minimum absolute atomic E-state index is 0.470. The highest BCUT2D eigenvalue weighted by Crippen LogP contribution is 2.40. The Morgan fingerprint density at radius 2 is 1.07 bits per heavy atom. The van der Waals surface area contributed by atoms with E-state index in [4.69, 9.17) is 4.42 Å². The highest BCUT2D eigenvalue weighted by atomic mass is 16.4. The summed E-state index contributed by atoms with van der Waals surface area (Å²) in [6, 6.07) is 53.0. The fourth-order valence-electron chi connectivity index (χ4n) is 6.20. The van der Waals surface area contributed by atoms with Crippen LogP contribution in [0.4, 0.5) is 17.1 Å². The summed E-state index contributed by atoms with van der Waals surface area (Å²) < 4.78 is 8.46. The van der Waals surface area contributed by atoms with Crippen LogP contribution in [0, 0.1) is 0 Å². The highest BCUT2D eigenvalue weighted by molar-refractivity contribution is 6.10. The molecule has 2 heterocycles. The molecule has 8 rings (SSSR count). The number of rotatable bonds is 7. The zero-order valence-electron chi connectivity index (χ0n) is 25.7. The number of nitrogens with zero attached hydrogens (tertiary/aromatic N) is 4. The van der Waals surface area contributed by atoms with Crippen molar-refractivity contribution in [1.82, 2.24) is 14.8 Å². The predicted molar refractivity (Wildman–Crippen MR) is 188 cm³/mol. The van der Waals surface area contributed by atoms with Crippen molar-refractivity contribution in [3.63, 3.8) is 0 Å². The van der Waals surface area contributed by atoms with Gasteiger partial charge in [0.1, 0.15) is 0 Å². The first kappa shape index (κ1) is 27.6. The molecular formula is C41H32N4O. The number of hydrogen-bond donors (Lipinski definition) is 0. The van der Waals surface area contributed by atoms with Gasteiger partial charge in [-0.05, 0) is 96.4 Å². The molecule has 0 saturated carbocycles. The van der Waals surface area contributed by atoms with Gasteiger partial charge in [0, 0.05) is 44.6 Å². The van der Waals surface area contributed by atoms with Gasteiger partial charge in [-0.2, -0.15) is 0 Å². The normalized spacial score (nSPS) is 11.5. The van der Waals surface area contributed by atoms with Crippen LogP contribution in [0.1, 0.15) is 25.3 Å². The van der Waals surface area contributed by atoms with Gasteiger partial charge in [0.2, 0.25) is 11.8 Å². The Balaban J connectivity index is 1.18. The van der Waals surface area contributed by atoms with E-state index in [1.165, 1.54) is 27.4 Å². The summed E-state index contributed by atoms with van der Waals surface area (Å²) in [4.78, 5) is 2.29. The Labute approximate surface area is 268 Å². The summed E-state index contributed by atoms with van der Waals surface area (Å²) in [6.45, 7) is 4.37. The lowest BCUT2D eigenvalue weighted by atomic mass is 10.0. The maximum Gasteiger partial charge on any atom is 0.248 e. The van der Waals surface area contributed by atoms with E-state index in [0.29, 0.717) is 17.7 Å². The van der Waals surface area contributed by atoms with E-state index in [0.717, 1.165) is 33.9 Å². The van der Waals surface area contributed by atoms with Crippen molar-refractivity contribution in [3.05, 3.63) is 157 Å².